The number of amides is 1. The summed E-state index contributed by atoms with van der Waals surface area (Å²) < 4.78 is 0. The van der Waals surface area contributed by atoms with E-state index in [0.717, 1.165) is 13.1 Å². The summed E-state index contributed by atoms with van der Waals surface area (Å²) in [5.74, 6) is -2.14. The van der Waals surface area contributed by atoms with Gasteiger partial charge in [0, 0.05) is 22.7 Å². The molecule has 9 heteroatoms. The minimum absolute atomic E-state index is 0.117. The van der Waals surface area contributed by atoms with Gasteiger partial charge in [-0.3, -0.25) is 19.7 Å². The van der Waals surface area contributed by atoms with Crippen LogP contribution in [0.2, 0.25) is 5.02 Å². The molecule has 1 aliphatic rings. The van der Waals surface area contributed by atoms with Crippen LogP contribution in [0.1, 0.15) is 31.0 Å². The third kappa shape index (κ3) is 4.66. The molecule has 1 N–H and O–H groups in total. The summed E-state index contributed by atoms with van der Waals surface area (Å²) in [6, 6.07) is 10.8. The van der Waals surface area contributed by atoms with Gasteiger partial charge in [0.25, 0.3) is 11.6 Å². The first-order valence-electron chi connectivity index (χ1n) is 10.4. The van der Waals surface area contributed by atoms with Crippen molar-refractivity contribution in [1.82, 2.24) is 4.90 Å². The number of likely N-dealkylation sites (N-methyl/N-ethyl adjacent to an activating group) is 1. The maximum absolute atomic E-state index is 13.3. The Hall–Kier alpha value is -3.23. The number of hydrogen-bond acceptors (Lipinski definition) is 5. The number of Topliss-reactive ketones (excluding diaryl/α,β-unsaturated/α-hetero) is 1. The van der Waals surface area contributed by atoms with Gasteiger partial charge in [0.15, 0.2) is 0 Å². The van der Waals surface area contributed by atoms with E-state index in [0.29, 0.717) is 17.1 Å². The van der Waals surface area contributed by atoms with Crippen LogP contribution >= 0.6 is 11.6 Å². The van der Waals surface area contributed by atoms with Crippen molar-refractivity contribution < 1.29 is 24.5 Å². The molecule has 2 aromatic carbocycles. The van der Waals surface area contributed by atoms with E-state index >= 15 is 0 Å². The molecule has 1 saturated heterocycles. The Morgan fingerprint density at radius 3 is 2.19 bits per heavy atom. The van der Waals surface area contributed by atoms with Crippen molar-refractivity contribution in [2.24, 2.45) is 0 Å². The molecule has 0 saturated carbocycles. The smallest absolute Gasteiger partial charge is 0.295 e. The summed E-state index contributed by atoms with van der Waals surface area (Å²) in [6.07, 6.45) is 0. The number of carbonyl (C=O) groups is 2. The number of nitro benzene ring substituents is 1. The predicted molar refractivity (Wildman–Crippen MR) is 118 cm³/mol. The van der Waals surface area contributed by atoms with Crippen molar-refractivity contribution in [3.05, 3.63) is 80.4 Å². The Kier molecular flexibility index (Phi) is 7.27. The van der Waals surface area contributed by atoms with Crippen LogP contribution in [0.25, 0.3) is 5.76 Å². The highest BCUT2D eigenvalue weighted by atomic mass is 35.5. The summed E-state index contributed by atoms with van der Waals surface area (Å²) in [5, 5.41) is 24.8. The van der Waals surface area contributed by atoms with E-state index in [2.05, 4.69) is 0 Å². The molecule has 2 aromatic rings. The SMILES string of the molecule is CC[NH+](CC)CCN1C(=O)C(=O)C(=C([O-])c2ccc(Cl)cc2)C1c1ccc([N+](=O)[O-])cc1. The van der Waals surface area contributed by atoms with Crippen LogP contribution in [0, 0.1) is 10.1 Å². The highest BCUT2D eigenvalue weighted by Crippen LogP contribution is 2.38. The third-order valence-corrected chi connectivity index (χ3v) is 6.01. The standard InChI is InChI=1S/C23H24ClN3O5/c1-3-25(4-2)13-14-26-20(15-7-11-18(12-8-15)27(31)32)19(22(29)23(26)30)21(28)16-5-9-17(24)10-6-16/h5-12,20,28H,3-4,13-14H2,1-2H3. The van der Waals surface area contributed by atoms with Crippen LogP contribution in [-0.2, 0) is 9.59 Å². The number of benzene rings is 2. The number of nitrogens with one attached hydrogen (secondary N) is 1. The van der Waals surface area contributed by atoms with Crippen molar-refractivity contribution >= 4 is 34.7 Å². The van der Waals surface area contributed by atoms with Crippen LogP contribution in [0.3, 0.4) is 0 Å². The lowest BCUT2D eigenvalue weighted by Crippen LogP contribution is -3.12. The fraction of sp³-hybridized carbons (Fsp3) is 0.304. The van der Waals surface area contributed by atoms with Gasteiger partial charge in [0.2, 0.25) is 5.78 Å². The van der Waals surface area contributed by atoms with Gasteiger partial charge < -0.3 is 14.9 Å². The van der Waals surface area contributed by atoms with E-state index in [-0.39, 0.29) is 23.4 Å². The van der Waals surface area contributed by atoms with E-state index in [4.69, 9.17) is 11.6 Å². The molecule has 1 atom stereocenters. The van der Waals surface area contributed by atoms with E-state index in [1.165, 1.54) is 46.2 Å². The molecule has 0 spiro atoms. The van der Waals surface area contributed by atoms with E-state index < -0.39 is 28.4 Å². The lowest BCUT2D eigenvalue weighted by Gasteiger charge is -2.28. The fourth-order valence-corrected chi connectivity index (χ4v) is 3.99. The molecular formula is C23H24ClN3O5. The van der Waals surface area contributed by atoms with Gasteiger partial charge in [-0.2, -0.15) is 0 Å². The average Bonchev–Trinajstić information content (AvgIpc) is 3.04. The Morgan fingerprint density at radius 2 is 1.66 bits per heavy atom. The maximum atomic E-state index is 13.3. The second-order valence-corrected chi connectivity index (χ2v) is 7.97. The maximum Gasteiger partial charge on any atom is 0.295 e. The Balaban J connectivity index is 2.10. The predicted octanol–water partition coefficient (Wildman–Crippen LogP) is 1.40. The monoisotopic (exact) mass is 457 g/mol. The van der Waals surface area contributed by atoms with Gasteiger partial charge >= 0.3 is 0 Å². The number of nitrogens with zero attached hydrogens (tertiary/aromatic N) is 2. The topological polar surface area (TPSA) is 108 Å². The first-order chi connectivity index (χ1) is 15.3. The van der Waals surface area contributed by atoms with Gasteiger partial charge in [0.05, 0.1) is 37.1 Å². The Labute approximate surface area is 190 Å². The molecule has 1 unspecified atom stereocenters. The van der Waals surface area contributed by atoms with E-state index in [1.807, 2.05) is 13.8 Å². The number of rotatable bonds is 8. The second kappa shape index (κ2) is 9.93. The number of hydrogen-bond donors (Lipinski definition) is 1. The molecule has 1 heterocycles. The minimum atomic E-state index is -0.908. The lowest BCUT2D eigenvalue weighted by molar-refractivity contribution is -0.895. The van der Waals surface area contributed by atoms with Crippen LogP contribution < -0.4 is 10.0 Å². The van der Waals surface area contributed by atoms with Gasteiger partial charge in [-0.25, -0.2) is 0 Å². The number of halogens is 1. The molecule has 8 nitrogen and oxygen atoms in total. The van der Waals surface area contributed by atoms with Crippen LogP contribution in [0.5, 0.6) is 0 Å². The minimum Gasteiger partial charge on any atom is -0.872 e. The zero-order valence-electron chi connectivity index (χ0n) is 17.8. The van der Waals surface area contributed by atoms with Crippen molar-refractivity contribution in [2.75, 3.05) is 26.2 Å². The molecule has 0 aliphatic carbocycles. The summed E-state index contributed by atoms with van der Waals surface area (Å²) in [4.78, 5) is 39.0. The number of non-ortho nitro benzene ring substituents is 1. The molecule has 168 valence electrons. The van der Waals surface area contributed by atoms with Crippen LogP contribution in [-0.4, -0.2) is 47.7 Å². The Bertz CT molecular complexity index is 1050. The summed E-state index contributed by atoms with van der Waals surface area (Å²) in [6.45, 7) is 6.67. The molecule has 3 rings (SSSR count). The van der Waals surface area contributed by atoms with Crippen molar-refractivity contribution in [3.8, 4) is 0 Å². The summed E-state index contributed by atoms with van der Waals surface area (Å²) in [7, 11) is 0. The first kappa shape index (κ1) is 23.4. The largest absolute Gasteiger partial charge is 0.872 e. The van der Waals surface area contributed by atoms with E-state index in [9.17, 15) is 24.8 Å². The number of ketones is 1. The zero-order valence-corrected chi connectivity index (χ0v) is 18.6. The number of likely N-dealkylation sites (tertiary alicyclic amines) is 1. The molecule has 1 fully saturated rings. The average molecular weight is 458 g/mol. The summed E-state index contributed by atoms with van der Waals surface area (Å²) in [5.41, 5.74) is 0.449. The molecule has 0 bridgehead atoms. The van der Waals surface area contributed by atoms with Gasteiger partial charge in [-0.15, -0.1) is 0 Å². The molecular weight excluding hydrogens is 434 g/mol. The third-order valence-electron chi connectivity index (χ3n) is 5.76. The van der Waals surface area contributed by atoms with Crippen molar-refractivity contribution in [1.29, 1.82) is 0 Å². The molecule has 0 radical (unpaired) electrons. The van der Waals surface area contributed by atoms with Gasteiger partial charge in [0.1, 0.15) is 0 Å². The quantitative estimate of drug-likeness (QED) is 0.212. The first-order valence-corrected chi connectivity index (χ1v) is 10.8. The molecule has 1 amide bonds. The van der Waals surface area contributed by atoms with Crippen molar-refractivity contribution in [3.63, 3.8) is 0 Å². The zero-order chi connectivity index (χ0) is 23.4. The number of carbonyl (C=O) groups excluding carboxylic acids is 2. The number of quaternary nitrogens is 1. The summed E-state index contributed by atoms with van der Waals surface area (Å²) >= 11 is 5.91. The van der Waals surface area contributed by atoms with Crippen LogP contribution in [0.15, 0.2) is 54.1 Å². The lowest BCUT2D eigenvalue weighted by atomic mass is 9.95. The molecule has 0 aromatic heterocycles. The van der Waals surface area contributed by atoms with Crippen molar-refractivity contribution in [2.45, 2.75) is 19.9 Å². The second-order valence-electron chi connectivity index (χ2n) is 7.54. The normalized spacial score (nSPS) is 17.9. The highest BCUT2D eigenvalue weighted by Gasteiger charge is 2.44. The fourth-order valence-electron chi connectivity index (χ4n) is 3.86. The molecule has 32 heavy (non-hydrogen) atoms. The van der Waals surface area contributed by atoms with Crippen LogP contribution in [0.4, 0.5) is 5.69 Å². The van der Waals surface area contributed by atoms with Gasteiger partial charge in [-0.05, 0) is 49.2 Å². The molecule has 1 aliphatic heterocycles. The van der Waals surface area contributed by atoms with E-state index in [1.54, 1.807) is 12.1 Å². The van der Waals surface area contributed by atoms with Gasteiger partial charge in [-0.1, -0.05) is 29.5 Å². The number of nitro groups is 1. The highest BCUT2D eigenvalue weighted by molar-refractivity contribution is 6.46. The Morgan fingerprint density at radius 1 is 1.06 bits per heavy atom.